The molecule has 0 aliphatic carbocycles. The molecule has 2 aliphatic heterocycles. The molecule has 1 unspecified atom stereocenters. The number of ether oxygens (including phenoxy) is 1. The minimum atomic E-state index is 0.0903. The van der Waals surface area contributed by atoms with Crippen LogP contribution in [0.3, 0.4) is 0 Å². The van der Waals surface area contributed by atoms with Gasteiger partial charge in [0.2, 0.25) is 0 Å². The third-order valence-electron chi connectivity index (χ3n) is 6.70. The van der Waals surface area contributed by atoms with Crippen LogP contribution in [0.5, 0.6) is 5.75 Å². The van der Waals surface area contributed by atoms with Crippen molar-refractivity contribution in [1.82, 2.24) is 20.4 Å². The molecule has 0 aromatic heterocycles. The van der Waals surface area contributed by atoms with Crippen molar-refractivity contribution in [2.45, 2.75) is 90.0 Å². The first-order valence-electron chi connectivity index (χ1n) is 11.8. The van der Waals surface area contributed by atoms with Crippen LogP contribution in [-0.2, 0) is 6.54 Å². The second kappa shape index (κ2) is 10.1. The molecule has 0 saturated carbocycles. The van der Waals surface area contributed by atoms with Crippen molar-refractivity contribution < 1.29 is 4.74 Å². The fourth-order valence-corrected chi connectivity index (χ4v) is 6.03. The van der Waals surface area contributed by atoms with E-state index in [0.29, 0.717) is 12.1 Å². The molecule has 6 heteroatoms. The maximum atomic E-state index is 6.03. The second-order valence-corrected chi connectivity index (χ2v) is 11.0. The largest absolute Gasteiger partial charge is 0.496 e. The molecule has 2 fully saturated rings. The summed E-state index contributed by atoms with van der Waals surface area (Å²) >= 11 is 6.03. The number of nitrogens with zero attached hydrogens (tertiary/aromatic N) is 2. The van der Waals surface area contributed by atoms with E-state index in [1.807, 2.05) is 12.1 Å². The maximum Gasteiger partial charge on any atom is 0.169 e. The first-order valence-corrected chi connectivity index (χ1v) is 12.2. The number of rotatable bonds is 7. The van der Waals surface area contributed by atoms with Gasteiger partial charge in [-0.2, -0.15) is 0 Å². The lowest BCUT2D eigenvalue weighted by molar-refractivity contribution is 0.152. The Bertz CT molecular complexity index is 735. The highest BCUT2D eigenvalue weighted by Crippen LogP contribution is 2.29. The van der Waals surface area contributed by atoms with Gasteiger partial charge in [-0.15, -0.1) is 0 Å². The van der Waals surface area contributed by atoms with Crippen LogP contribution < -0.4 is 15.4 Å². The van der Waals surface area contributed by atoms with E-state index < -0.39 is 0 Å². The number of thiocarbonyl (C=S) groups is 1. The Morgan fingerprint density at radius 2 is 1.90 bits per heavy atom. The smallest absolute Gasteiger partial charge is 0.169 e. The van der Waals surface area contributed by atoms with Crippen LogP contribution in [0.4, 0.5) is 0 Å². The van der Waals surface area contributed by atoms with Crippen LogP contribution in [0.2, 0.25) is 0 Å². The first-order chi connectivity index (χ1) is 14.6. The SMILES string of the molecule is CCN1CCCC1CN(Cc1ccccc1OC)C(=S)NC1CC(C)(C)NC(C)(C)C1. The van der Waals surface area contributed by atoms with E-state index in [9.17, 15) is 0 Å². The highest BCUT2D eigenvalue weighted by atomic mass is 32.1. The lowest BCUT2D eigenvalue weighted by Gasteiger charge is -2.47. The summed E-state index contributed by atoms with van der Waals surface area (Å²) < 4.78 is 5.63. The molecule has 1 aromatic rings. The van der Waals surface area contributed by atoms with E-state index in [4.69, 9.17) is 17.0 Å². The van der Waals surface area contributed by atoms with Gasteiger partial charge in [-0.05, 0) is 84.8 Å². The van der Waals surface area contributed by atoms with Gasteiger partial charge in [-0.3, -0.25) is 4.90 Å². The molecule has 0 spiro atoms. The minimum Gasteiger partial charge on any atom is -0.496 e. The van der Waals surface area contributed by atoms with Gasteiger partial charge in [0, 0.05) is 41.8 Å². The van der Waals surface area contributed by atoms with E-state index in [-0.39, 0.29) is 11.1 Å². The first kappa shape index (κ1) is 24.3. The number of likely N-dealkylation sites (tertiary alicyclic amines) is 1. The Kier molecular flexibility index (Phi) is 7.87. The number of nitrogens with one attached hydrogen (secondary N) is 2. The number of piperidine rings is 1. The maximum absolute atomic E-state index is 6.03. The Hall–Kier alpha value is -1.37. The average molecular weight is 447 g/mol. The molecule has 0 bridgehead atoms. The normalized spacial score (nSPS) is 23.5. The van der Waals surface area contributed by atoms with Crippen LogP contribution in [-0.4, -0.2) is 64.8 Å². The molecule has 1 aromatic carbocycles. The summed E-state index contributed by atoms with van der Waals surface area (Å²) in [5.41, 5.74) is 1.36. The summed E-state index contributed by atoms with van der Waals surface area (Å²) in [5, 5.41) is 8.39. The van der Waals surface area contributed by atoms with Crippen LogP contribution in [0.25, 0.3) is 0 Å². The number of hydrogen-bond donors (Lipinski definition) is 2. The summed E-state index contributed by atoms with van der Waals surface area (Å²) in [6.07, 6.45) is 4.64. The predicted octanol–water partition coefficient (Wildman–Crippen LogP) is 4.17. The van der Waals surface area contributed by atoms with E-state index in [0.717, 1.165) is 43.3 Å². The Labute approximate surface area is 194 Å². The van der Waals surface area contributed by atoms with Crippen molar-refractivity contribution in [3.8, 4) is 5.75 Å². The predicted molar refractivity (Wildman–Crippen MR) is 134 cm³/mol. The Balaban J connectivity index is 1.77. The molecule has 0 radical (unpaired) electrons. The van der Waals surface area contributed by atoms with Gasteiger partial charge in [0.15, 0.2) is 5.11 Å². The average Bonchev–Trinajstić information content (AvgIpc) is 3.12. The zero-order chi connectivity index (χ0) is 22.6. The second-order valence-electron chi connectivity index (χ2n) is 10.6. The van der Waals surface area contributed by atoms with Crippen LogP contribution in [0, 0.1) is 0 Å². The lowest BCUT2D eigenvalue weighted by atomic mass is 9.80. The van der Waals surface area contributed by atoms with Gasteiger partial charge in [0.1, 0.15) is 5.75 Å². The molecule has 31 heavy (non-hydrogen) atoms. The van der Waals surface area contributed by atoms with Gasteiger partial charge in [-0.1, -0.05) is 25.1 Å². The van der Waals surface area contributed by atoms with Crippen LogP contribution in [0.15, 0.2) is 24.3 Å². The molecule has 2 saturated heterocycles. The van der Waals surface area contributed by atoms with Crippen LogP contribution in [0.1, 0.15) is 65.9 Å². The number of likely N-dealkylation sites (N-methyl/N-ethyl adjacent to an activating group) is 1. The summed E-state index contributed by atoms with van der Waals surface area (Å²) in [6, 6.07) is 9.22. The summed E-state index contributed by atoms with van der Waals surface area (Å²) in [4.78, 5) is 4.96. The van der Waals surface area contributed by atoms with Crippen molar-refractivity contribution in [3.63, 3.8) is 0 Å². The van der Waals surface area contributed by atoms with E-state index >= 15 is 0 Å². The molecule has 2 heterocycles. The van der Waals surface area contributed by atoms with Crippen molar-refractivity contribution >= 4 is 17.3 Å². The minimum absolute atomic E-state index is 0.0903. The third kappa shape index (κ3) is 6.56. The van der Waals surface area contributed by atoms with Crippen molar-refractivity contribution in [2.75, 3.05) is 26.7 Å². The number of hydrogen-bond acceptors (Lipinski definition) is 4. The lowest BCUT2D eigenvalue weighted by Crippen LogP contribution is -2.63. The monoisotopic (exact) mass is 446 g/mol. The molecule has 174 valence electrons. The number of benzene rings is 1. The molecular formula is C25H42N4OS. The zero-order valence-electron chi connectivity index (χ0n) is 20.3. The van der Waals surface area contributed by atoms with Crippen molar-refractivity contribution in [3.05, 3.63) is 29.8 Å². The van der Waals surface area contributed by atoms with E-state index in [2.05, 4.69) is 67.2 Å². The van der Waals surface area contributed by atoms with Gasteiger partial charge in [0.05, 0.1) is 7.11 Å². The Morgan fingerprint density at radius 1 is 1.23 bits per heavy atom. The fourth-order valence-electron chi connectivity index (χ4n) is 5.72. The van der Waals surface area contributed by atoms with Gasteiger partial charge in [0.25, 0.3) is 0 Å². The Morgan fingerprint density at radius 3 is 2.55 bits per heavy atom. The quantitative estimate of drug-likeness (QED) is 0.613. The summed E-state index contributed by atoms with van der Waals surface area (Å²) in [6.45, 7) is 15.4. The summed E-state index contributed by atoms with van der Waals surface area (Å²) in [7, 11) is 1.74. The highest BCUT2D eigenvalue weighted by Gasteiger charge is 2.38. The molecule has 1 atom stereocenters. The van der Waals surface area contributed by atoms with E-state index in [1.165, 1.54) is 24.9 Å². The molecule has 2 N–H and O–H groups in total. The van der Waals surface area contributed by atoms with Gasteiger partial charge < -0.3 is 20.3 Å². The van der Waals surface area contributed by atoms with Crippen molar-refractivity contribution in [2.24, 2.45) is 0 Å². The van der Waals surface area contributed by atoms with Crippen molar-refractivity contribution in [1.29, 1.82) is 0 Å². The topological polar surface area (TPSA) is 39.8 Å². The van der Waals surface area contributed by atoms with Gasteiger partial charge in [-0.25, -0.2) is 0 Å². The van der Waals surface area contributed by atoms with E-state index in [1.54, 1.807) is 7.11 Å². The van der Waals surface area contributed by atoms with Gasteiger partial charge >= 0.3 is 0 Å². The molecular weight excluding hydrogens is 404 g/mol. The zero-order valence-corrected chi connectivity index (χ0v) is 21.1. The molecule has 0 amide bonds. The molecule has 2 aliphatic rings. The number of para-hydroxylation sites is 1. The summed E-state index contributed by atoms with van der Waals surface area (Å²) in [5.74, 6) is 0.929. The number of methoxy groups -OCH3 is 1. The third-order valence-corrected chi connectivity index (χ3v) is 7.07. The highest BCUT2D eigenvalue weighted by molar-refractivity contribution is 7.80. The van der Waals surface area contributed by atoms with Crippen LogP contribution >= 0.6 is 12.2 Å². The molecule has 5 nitrogen and oxygen atoms in total. The standard InChI is InChI=1S/C25H42N4OS/c1-7-28-14-10-12-21(28)18-29(17-19-11-8-9-13-22(19)30-6)23(31)26-20-15-24(2,3)27-25(4,5)16-20/h8-9,11,13,20-21,27H,7,10,12,14-18H2,1-6H3,(H,26,31). The fraction of sp³-hybridized carbons (Fsp3) is 0.720. The molecule has 3 rings (SSSR count).